The van der Waals surface area contributed by atoms with Crippen molar-refractivity contribution in [2.75, 3.05) is 18.9 Å². The third kappa shape index (κ3) is 4.55. The first-order chi connectivity index (χ1) is 15.5. The summed E-state index contributed by atoms with van der Waals surface area (Å²) < 4.78 is 41.0. The Morgan fingerprint density at radius 1 is 1.30 bits per heavy atom. The Morgan fingerprint density at radius 3 is 2.76 bits per heavy atom. The van der Waals surface area contributed by atoms with E-state index in [9.17, 15) is 13.6 Å². The number of alkyl halides is 2. The summed E-state index contributed by atoms with van der Waals surface area (Å²) in [6.07, 6.45) is 6.78. The Bertz CT molecular complexity index is 1170. The fraction of sp³-hybridized carbons (Fsp3) is 0.524. The Balaban J connectivity index is 1.61. The summed E-state index contributed by atoms with van der Waals surface area (Å²) in [7, 11) is 0. The highest BCUT2D eigenvalue weighted by molar-refractivity contribution is 5.70. The SMILES string of the molecule is CC(C)(C)OC(=O)N1CCCC1(C)COc1cnn(C(F)F)c1-c1cn2cc(N)nc2cn1. The van der Waals surface area contributed by atoms with Crippen molar-refractivity contribution in [3.63, 3.8) is 0 Å². The number of carbonyl (C=O) groups excluding carboxylic acids is 1. The number of halogens is 2. The van der Waals surface area contributed by atoms with E-state index in [0.29, 0.717) is 23.3 Å². The second-order valence-electron chi connectivity index (χ2n) is 9.30. The van der Waals surface area contributed by atoms with Gasteiger partial charge in [-0.25, -0.2) is 14.8 Å². The van der Waals surface area contributed by atoms with Gasteiger partial charge in [0.1, 0.15) is 29.4 Å². The van der Waals surface area contributed by atoms with E-state index in [1.54, 1.807) is 36.3 Å². The second-order valence-corrected chi connectivity index (χ2v) is 9.30. The third-order valence-corrected chi connectivity index (χ3v) is 5.45. The molecule has 12 heteroatoms. The van der Waals surface area contributed by atoms with Crippen molar-refractivity contribution in [1.82, 2.24) is 29.0 Å². The maximum Gasteiger partial charge on any atom is 0.410 e. The number of carbonyl (C=O) groups is 1. The van der Waals surface area contributed by atoms with E-state index in [1.165, 1.54) is 18.6 Å². The van der Waals surface area contributed by atoms with Crippen LogP contribution in [0, 0.1) is 0 Å². The van der Waals surface area contributed by atoms with Crippen LogP contribution in [0.15, 0.2) is 24.8 Å². The molecule has 0 aromatic carbocycles. The van der Waals surface area contributed by atoms with Gasteiger partial charge in [0.2, 0.25) is 0 Å². The number of likely N-dealkylation sites (tertiary alicyclic amines) is 1. The monoisotopic (exact) mass is 463 g/mol. The summed E-state index contributed by atoms with van der Waals surface area (Å²) in [6.45, 7) is 5.00. The maximum atomic E-state index is 13.7. The van der Waals surface area contributed by atoms with Gasteiger partial charge in [-0.2, -0.15) is 18.6 Å². The number of ether oxygens (including phenoxy) is 2. The number of hydrogen-bond donors (Lipinski definition) is 1. The molecule has 1 saturated heterocycles. The van der Waals surface area contributed by atoms with Crippen LogP contribution in [0.25, 0.3) is 17.0 Å². The lowest BCUT2D eigenvalue weighted by atomic mass is 10.0. The molecule has 0 aliphatic carbocycles. The number of imidazole rings is 1. The van der Waals surface area contributed by atoms with Crippen molar-refractivity contribution in [3.05, 3.63) is 24.8 Å². The molecule has 4 heterocycles. The van der Waals surface area contributed by atoms with Gasteiger partial charge in [0.25, 0.3) is 0 Å². The predicted octanol–water partition coefficient (Wildman–Crippen LogP) is 3.74. The van der Waals surface area contributed by atoms with Gasteiger partial charge in [-0.3, -0.25) is 4.90 Å². The van der Waals surface area contributed by atoms with E-state index >= 15 is 0 Å². The smallest absolute Gasteiger partial charge is 0.410 e. The maximum absolute atomic E-state index is 13.7. The molecule has 1 aliphatic rings. The van der Waals surface area contributed by atoms with Gasteiger partial charge in [0, 0.05) is 12.7 Å². The molecule has 1 unspecified atom stereocenters. The van der Waals surface area contributed by atoms with Crippen molar-refractivity contribution >= 4 is 17.6 Å². The molecule has 33 heavy (non-hydrogen) atoms. The highest BCUT2D eigenvalue weighted by Crippen LogP contribution is 2.35. The lowest BCUT2D eigenvalue weighted by Crippen LogP contribution is -2.50. The van der Waals surface area contributed by atoms with E-state index in [0.717, 1.165) is 6.42 Å². The third-order valence-electron chi connectivity index (χ3n) is 5.45. The summed E-state index contributed by atoms with van der Waals surface area (Å²) in [5, 5.41) is 3.79. The highest BCUT2D eigenvalue weighted by Gasteiger charge is 2.42. The fourth-order valence-corrected chi connectivity index (χ4v) is 3.92. The van der Waals surface area contributed by atoms with Crippen LogP contribution in [0.1, 0.15) is 47.1 Å². The molecule has 3 aromatic heterocycles. The zero-order valence-corrected chi connectivity index (χ0v) is 19.0. The minimum atomic E-state index is -2.90. The van der Waals surface area contributed by atoms with Crippen molar-refractivity contribution < 1.29 is 23.0 Å². The Labute approximate surface area is 189 Å². The van der Waals surface area contributed by atoms with E-state index in [4.69, 9.17) is 15.2 Å². The predicted molar refractivity (Wildman–Crippen MR) is 116 cm³/mol. The number of anilines is 1. The summed E-state index contributed by atoms with van der Waals surface area (Å²) in [6, 6.07) is 0. The lowest BCUT2D eigenvalue weighted by molar-refractivity contribution is 0.00242. The van der Waals surface area contributed by atoms with Crippen LogP contribution in [0.5, 0.6) is 5.75 Å². The van der Waals surface area contributed by atoms with E-state index < -0.39 is 23.8 Å². The van der Waals surface area contributed by atoms with E-state index in [1.807, 2.05) is 6.92 Å². The van der Waals surface area contributed by atoms with Crippen molar-refractivity contribution in [2.45, 2.75) is 58.2 Å². The number of hydrogen-bond acceptors (Lipinski definition) is 7. The van der Waals surface area contributed by atoms with Gasteiger partial charge in [0.05, 0.1) is 24.1 Å². The quantitative estimate of drug-likeness (QED) is 0.613. The minimum Gasteiger partial charge on any atom is -0.487 e. The van der Waals surface area contributed by atoms with Crippen LogP contribution in [-0.4, -0.2) is 59.4 Å². The van der Waals surface area contributed by atoms with Crippen LogP contribution < -0.4 is 10.5 Å². The highest BCUT2D eigenvalue weighted by atomic mass is 19.3. The van der Waals surface area contributed by atoms with E-state index in [-0.39, 0.29) is 29.6 Å². The first kappa shape index (κ1) is 22.7. The first-order valence-corrected chi connectivity index (χ1v) is 10.6. The van der Waals surface area contributed by atoms with Crippen LogP contribution in [0.2, 0.25) is 0 Å². The average Bonchev–Trinajstić information content (AvgIpc) is 3.39. The van der Waals surface area contributed by atoms with Crippen LogP contribution in [0.4, 0.5) is 19.4 Å². The summed E-state index contributed by atoms with van der Waals surface area (Å²) >= 11 is 0. The molecule has 0 radical (unpaired) electrons. The van der Waals surface area contributed by atoms with Gasteiger partial charge < -0.3 is 19.6 Å². The normalized spacial score (nSPS) is 18.9. The Kier molecular flexibility index (Phi) is 5.62. The molecule has 0 saturated carbocycles. The molecule has 2 N–H and O–H groups in total. The average molecular weight is 463 g/mol. The largest absolute Gasteiger partial charge is 0.487 e. The van der Waals surface area contributed by atoms with Gasteiger partial charge in [0.15, 0.2) is 11.4 Å². The van der Waals surface area contributed by atoms with Gasteiger partial charge in [-0.05, 0) is 40.5 Å². The molecular formula is C21H27F2N7O3. The molecule has 3 aromatic rings. The molecule has 1 aliphatic heterocycles. The molecular weight excluding hydrogens is 436 g/mol. The molecule has 0 bridgehead atoms. The first-order valence-electron chi connectivity index (χ1n) is 10.6. The number of rotatable bonds is 5. The molecule has 10 nitrogen and oxygen atoms in total. The number of nitrogens with two attached hydrogens (primary N) is 1. The van der Waals surface area contributed by atoms with Crippen molar-refractivity contribution in [1.29, 1.82) is 0 Å². The van der Waals surface area contributed by atoms with Crippen molar-refractivity contribution in [2.24, 2.45) is 0 Å². The zero-order chi connectivity index (χ0) is 24.0. The molecule has 1 atom stereocenters. The summed E-state index contributed by atoms with van der Waals surface area (Å²) in [4.78, 5) is 22.7. The Hall–Kier alpha value is -3.44. The molecule has 178 valence electrons. The fourth-order valence-electron chi connectivity index (χ4n) is 3.92. The number of aromatic nitrogens is 5. The number of nitrogens with zero attached hydrogens (tertiary/aromatic N) is 6. The van der Waals surface area contributed by atoms with Crippen LogP contribution in [0.3, 0.4) is 0 Å². The lowest BCUT2D eigenvalue weighted by Gasteiger charge is -2.36. The Morgan fingerprint density at radius 2 is 2.06 bits per heavy atom. The molecule has 0 spiro atoms. The zero-order valence-electron chi connectivity index (χ0n) is 19.0. The van der Waals surface area contributed by atoms with Crippen LogP contribution >= 0.6 is 0 Å². The molecule has 1 fully saturated rings. The second kappa shape index (κ2) is 8.16. The van der Waals surface area contributed by atoms with E-state index in [2.05, 4.69) is 15.1 Å². The van der Waals surface area contributed by atoms with Crippen LogP contribution in [-0.2, 0) is 4.74 Å². The summed E-state index contributed by atoms with van der Waals surface area (Å²) in [5.41, 5.74) is 5.13. The topological polar surface area (TPSA) is 113 Å². The van der Waals surface area contributed by atoms with Gasteiger partial charge in [-0.1, -0.05) is 0 Å². The standard InChI is InChI=1S/C21H27F2N7O3/c1-20(2,3)33-19(31)29-7-5-6-21(29,4)12-32-14-8-26-30(18(22)23)17(14)13-10-28-11-15(24)27-16(28)9-25-13/h8-11,18H,5-7,12,24H2,1-4H3. The number of amides is 1. The molecule has 4 rings (SSSR count). The molecule has 1 amide bonds. The van der Waals surface area contributed by atoms with Gasteiger partial charge >= 0.3 is 12.6 Å². The van der Waals surface area contributed by atoms with Crippen molar-refractivity contribution in [3.8, 4) is 17.1 Å². The summed E-state index contributed by atoms with van der Waals surface area (Å²) in [5.74, 6) is 0.414. The number of fused-ring (bicyclic) bond motifs is 1. The minimum absolute atomic E-state index is 0.0181. The van der Waals surface area contributed by atoms with Gasteiger partial charge in [-0.15, -0.1) is 0 Å². The number of nitrogen functional groups attached to an aromatic ring is 1.